The SMILES string of the molecule is CC1CCc2c(sc3ncn(CC(=O)N/N=C\c4c[nH]c5ccccc45)c(=O)c23)C1. The number of fused-ring (bicyclic) bond motifs is 4. The monoisotopic (exact) mass is 419 g/mol. The van der Waals surface area contributed by atoms with Gasteiger partial charge < -0.3 is 4.98 Å². The average molecular weight is 420 g/mol. The van der Waals surface area contributed by atoms with Crippen LogP contribution in [0, 0.1) is 5.92 Å². The first-order valence-corrected chi connectivity index (χ1v) is 10.8. The molecule has 3 heterocycles. The number of aromatic nitrogens is 3. The van der Waals surface area contributed by atoms with Crippen LogP contribution < -0.4 is 11.0 Å². The molecule has 7 nitrogen and oxygen atoms in total. The minimum Gasteiger partial charge on any atom is -0.361 e. The van der Waals surface area contributed by atoms with E-state index >= 15 is 0 Å². The van der Waals surface area contributed by atoms with Gasteiger partial charge in [0, 0.05) is 27.5 Å². The van der Waals surface area contributed by atoms with Crippen molar-refractivity contribution in [1.82, 2.24) is 20.0 Å². The predicted octanol–water partition coefficient (Wildman–Crippen LogP) is 3.21. The second-order valence-corrected chi connectivity index (χ2v) is 8.88. The van der Waals surface area contributed by atoms with E-state index in [2.05, 4.69) is 27.4 Å². The molecular formula is C22H21N5O2S. The van der Waals surface area contributed by atoms with Gasteiger partial charge in [-0.2, -0.15) is 5.10 Å². The molecule has 152 valence electrons. The molecule has 1 amide bonds. The fraction of sp³-hybridized carbons (Fsp3) is 0.273. The van der Waals surface area contributed by atoms with E-state index in [-0.39, 0.29) is 18.0 Å². The van der Waals surface area contributed by atoms with Crippen LogP contribution in [0.25, 0.3) is 21.1 Å². The number of hydrogen-bond acceptors (Lipinski definition) is 5. The van der Waals surface area contributed by atoms with Gasteiger partial charge in [-0.05, 0) is 36.8 Å². The minimum absolute atomic E-state index is 0.117. The number of hydrazone groups is 1. The van der Waals surface area contributed by atoms with Gasteiger partial charge in [0.1, 0.15) is 11.4 Å². The summed E-state index contributed by atoms with van der Waals surface area (Å²) < 4.78 is 1.36. The topological polar surface area (TPSA) is 92.1 Å². The van der Waals surface area contributed by atoms with Gasteiger partial charge in [0.2, 0.25) is 0 Å². The van der Waals surface area contributed by atoms with Gasteiger partial charge >= 0.3 is 0 Å². The number of nitrogens with zero attached hydrogens (tertiary/aromatic N) is 3. The number of para-hydroxylation sites is 1. The van der Waals surface area contributed by atoms with E-state index in [1.807, 2.05) is 30.5 Å². The Morgan fingerprint density at radius 1 is 1.43 bits per heavy atom. The van der Waals surface area contributed by atoms with Crippen molar-refractivity contribution in [3.05, 3.63) is 63.1 Å². The highest BCUT2D eigenvalue weighted by molar-refractivity contribution is 7.18. The van der Waals surface area contributed by atoms with E-state index in [4.69, 9.17) is 0 Å². The summed E-state index contributed by atoms with van der Waals surface area (Å²) in [6, 6.07) is 7.86. The van der Waals surface area contributed by atoms with Crippen LogP contribution in [0.3, 0.4) is 0 Å². The van der Waals surface area contributed by atoms with Crippen molar-refractivity contribution in [2.45, 2.75) is 32.7 Å². The molecule has 3 aromatic heterocycles. The van der Waals surface area contributed by atoms with E-state index in [9.17, 15) is 9.59 Å². The van der Waals surface area contributed by atoms with Gasteiger partial charge in [0.25, 0.3) is 11.5 Å². The molecular weight excluding hydrogens is 398 g/mol. The number of benzene rings is 1. The fourth-order valence-electron chi connectivity index (χ4n) is 4.04. The Morgan fingerprint density at radius 2 is 2.30 bits per heavy atom. The summed E-state index contributed by atoms with van der Waals surface area (Å²) >= 11 is 1.61. The molecule has 0 saturated carbocycles. The van der Waals surface area contributed by atoms with Crippen LogP contribution >= 0.6 is 11.3 Å². The summed E-state index contributed by atoms with van der Waals surface area (Å²) in [4.78, 5) is 35.0. The maximum Gasteiger partial charge on any atom is 0.262 e. The lowest BCUT2D eigenvalue weighted by Crippen LogP contribution is -2.30. The van der Waals surface area contributed by atoms with Crippen LogP contribution in [0.1, 0.15) is 29.3 Å². The molecule has 1 unspecified atom stereocenters. The molecule has 4 aromatic rings. The van der Waals surface area contributed by atoms with Crippen molar-refractivity contribution in [3.8, 4) is 0 Å². The second kappa shape index (κ2) is 7.53. The average Bonchev–Trinajstić information content (AvgIpc) is 3.31. The highest BCUT2D eigenvalue weighted by atomic mass is 32.1. The van der Waals surface area contributed by atoms with E-state index < -0.39 is 0 Å². The maximum absolute atomic E-state index is 13.0. The number of carbonyl (C=O) groups excluding carboxylic acids is 1. The molecule has 0 aliphatic heterocycles. The van der Waals surface area contributed by atoms with Crippen LogP contribution in [0.5, 0.6) is 0 Å². The number of aromatic amines is 1. The molecule has 0 saturated heterocycles. The Hall–Kier alpha value is -3.26. The number of H-pyrrole nitrogens is 1. The second-order valence-electron chi connectivity index (χ2n) is 7.79. The van der Waals surface area contributed by atoms with Crippen molar-refractivity contribution in [1.29, 1.82) is 0 Å². The lowest BCUT2D eigenvalue weighted by Gasteiger charge is -2.17. The number of carbonyl (C=O) groups is 1. The third-order valence-corrected chi connectivity index (χ3v) is 6.77. The summed E-state index contributed by atoms with van der Waals surface area (Å²) in [6.07, 6.45) is 7.87. The molecule has 0 fully saturated rings. The zero-order valence-corrected chi connectivity index (χ0v) is 17.3. The third-order valence-electron chi connectivity index (χ3n) is 5.61. The molecule has 8 heteroatoms. The molecule has 1 aromatic carbocycles. The molecule has 1 atom stereocenters. The molecule has 1 aliphatic rings. The number of aryl methyl sites for hydroxylation is 1. The van der Waals surface area contributed by atoms with Gasteiger partial charge in [0.05, 0.1) is 17.9 Å². The molecule has 2 N–H and O–H groups in total. The van der Waals surface area contributed by atoms with Crippen molar-refractivity contribution in [3.63, 3.8) is 0 Å². The van der Waals surface area contributed by atoms with Crippen molar-refractivity contribution < 1.29 is 4.79 Å². The Bertz CT molecular complexity index is 1350. The smallest absolute Gasteiger partial charge is 0.262 e. The van der Waals surface area contributed by atoms with Gasteiger partial charge in [-0.15, -0.1) is 11.3 Å². The predicted molar refractivity (Wildman–Crippen MR) is 119 cm³/mol. The number of thiophene rings is 1. The molecule has 0 spiro atoms. The highest BCUT2D eigenvalue weighted by Crippen LogP contribution is 2.35. The van der Waals surface area contributed by atoms with Crippen LogP contribution in [0.15, 0.2) is 46.7 Å². The number of nitrogens with one attached hydrogen (secondary N) is 2. The van der Waals surface area contributed by atoms with Crippen LogP contribution in [0.2, 0.25) is 0 Å². The Labute approximate surface area is 176 Å². The fourth-order valence-corrected chi connectivity index (χ4v) is 5.38. The first-order chi connectivity index (χ1) is 14.6. The normalized spacial score (nSPS) is 16.4. The number of hydrogen-bond donors (Lipinski definition) is 2. The van der Waals surface area contributed by atoms with E-state index in [0.717, 1.165) is 46.1 Å². The zero-order chi connectivity index (χ0) is 20.7. The van der Waals surface area contributed by atoms with Gasteiger partial charge in [0.15, 0.2) is 0 Å². The first kappa shape index (κ1) is 18.7. The maximum atomic E-state index is 13.0. The summed E-state index contributed by atoms with van der Waals surface area (Å²) in [5.74, 6) is 0.264. The van der Waals surface area contributed by atoms with Gasteiger partial charge in [-0.25, -0.2) is 10.4 Å². The summed E-state index contributed by atoms with van der Waals surface area (Å²) in [6.45, 7) is 2.12. The Balaban J connectivity index is 1.33. The lowest BCUT2D eigenvalue weighted by molar-refractivity contribution is -0.121. The third kappa shape index (κ3) is 3.33. The highest BCUT2D eigenvalue weighted by Gasteiger charge is 2.23. The van der Waals surface area contributed by atoms with E-state index in [1.165, 1.54) is 15.8 Å². The summed E-state index contributed by atoms with van der Waals surface area (Å²) in [5.41, 5.74) is 5.36. The van der Waals surface area contributed by atoms with E-state index in [0.29, 0.717) is 11.3 Å². The minimum atomic E-state index is -0.368. The van der Waals surface area contributed by atoms with Gasteiger partial charge in [-0.3, -0.25) is 14.2 Å². The van der Waals surface area contributed by atoms with Crippen LogP contribution in [0.4, 0.5) is 0 Å². The van der Waals surface area contributed by atoms with Crippen molar-refractivity contribution in [2.24, 2.45) is 11.0 Å². The number of amides is 1. The molecule has 30 heavy (non-hydrogen) atoms. The van der Waals surface area contributed by atoms with Crippen molar-refractivity contribution >= 4 is 44.6 Å². The molecule has 0 radical (unpaired) electrons. The Morgan fingerprint density at radius 3 is 3.20 bits per heavy atom. The quantitative estimate of drug-likeness (QED) is 0.393. The zero-order valence-electron chi connectivity index (χ0n) is 16.5. The molecule has 5 rings (SSSR count). The van der Waals surface area contributed by atoms with Gasteiger partial charge in [-0.1, -0.05) is 25.1 Å². The molecule has 0 bridgehead atoms. The summed E-state index contributed by atoms with van der Waals surface area (Å²) in [5, 5.41) is 5.75. The first-order valence-electron chi connectivity index (χ1n) is 9.98. The van der Waals surface area contributed by atoms with Crippen molar-refractivity contribution in [2.75, 3.05) is 0 Å². The standard InChI is InChI=1S/C22H21N5O2S/c1-13-6-7-16-18(8-13)30-21-20(16)22(29)27(12-24-21)11-19(28)26-25-10-14-9-23-17-5-3-2-4-15(14)17/h2-5,9-10,12-13,23H,6-8,11H2,1H3,(H,26,28)/b25-10-. The largest absolute Gasteiger partial charge is 0.361 e. The Kier molecular flexibility index (Phi) is 4.71. The van der Waals surface area contributed by atoms with Crippen LogP contribution in [-0.4, -0.2) is 26.7 Å². The van der Waals surface area contributed by atoms with E-state index in [1.54, 1.807) is 17.6 Å². The summed E-state index contributed by atoms with van der Waals surface area (Å²) in [7, 11) is 0. The lowest BCUT2D eigenvalue weighted by atomic mass is 9.89. The number of rotatable bonds is 4. The molecule has 1 aliphatic carbocycles. The van der Waals surface area contributed by atoms with Crippen LogP contribution in [-0.2, 0) is 24.2 Å².